The van der Waals surface area contributed by atoms with Crippen LogP contribution in [0.3, 0.4) is 0 Å². The Morgan fingerprint density at radius 3 is 2.30 bits per heavy atom. The van der Waals surface area contributed by atoms with E-state index in [9.17, 15) is 13.5 Å². The SMILES string of the molecule is CN(Cc1ccc(O)cc1)S(=O)(=O)c1ccccc1Cl. The summed E-state index contributed by atoms with van der Waals surface area (Å²) in [5.41, 5.74) is 0.779. The second-order valence-electron chi connectivity index (χ2n) is 4.36. The molecule has 0 radical (unpaired) electrons. The topological polar surface area (TPSA) is 57.6 Å². The zero-order valence-corrected chi connectivity index (χ0v) is 12.4. The number of hydrogen-bond donors (Lipinski definition) is 1. The molecule has 0 aromatic heterocycles. The number of rotatable bonds is 4. The molecule has 2 rings (SSSR count). The highest BCUT2D eigenvalue weighted by atomic mass is 35.5. The van der Waals surface area contributed by atoms with E-state index in [2.05, 4.69) is 0 Å². The van der Waals surface area contributed by atoms with Gasteiger partial charge in [0, 0.05) is 13.6 Å². The van der Waals surface area contributed by atoms with Crippen LogP contribution < -0.4 is 0 Å². The van der Waals surface area contributed by atoms with Crippen molar-refractivity contribution in [1.82, 2.24) is 4.31 Å². The Morgan fingerprint density at radius 2 is 1.70 bits per heavy atom. The number of sulfonamides is 1. The Balaban J connectivity index is 2.26. The van der Waals surface area contributed by atoms with Gasteiger partial charge >= 0.3 is 0 Å². The van der Waals surface area contributed by atoms with Crippen LogP contribution in [0, 0.1) is 0 Å². The van der Waals surface area contributed by atoms with Gasteiger partial charge in [-0.3, -0.25) is 0 Å². The average molecular weight is 312 g/mol. The van der Waals surface area contributed by atoms with Crippen LogP contribution in [-0.4, -0.2) is 24.9 Å². The van der Waals surface area contributed by atoms with Crippen LogP contribution >= 0.6 is 11.6 Å². The van der Waals surface area contributed by atoms with Gasteiger partial charge in [0.1, 0.15) is 10.6 Å². The molecule has 0 aliphatic rings. The molecule has 2 aromatic rings. The molecule has 0 amide bonds. The normalized spacial score (nSPS) is 11.8. The molecule has 6 heteroatoms. The lowest BCUT2D eigenvalue weighted by molar-refractivity contribution is 0.463. The first kappa shape index (κ1) is 14.8. The van der Waals surface area contributed by atoms with Crippen molar-refractivity contribution in [3.05, 3.63) is 59.1 Å². The third kappa shape index (κ3) is 3.12. The molecule has 1 N–H and O–H groups in total. The fourth-order valence-corrected chi connectivity index (χ4v) is 3.41. The zero-order chi connectivity index (χ0) is 14.8. The number of phenols is 1. The standard InChI is InChI=1S/C14H14ClNO3S/c1-16(10-11-6-8-12(17)9-7-11)20(18,19)14-5-3-2-4-13(14)15/h2-9,17H,10H2,1H3. The molecule has 106 valence electrons. The maximum atomic E-state index is 12.4. The maximum Gasteiger partial charge on any atom is 0.244 e. The number of nitrogens with zero attached hydrogens (tertiary/aromatic N) is 1. The minimum atomic E-state index is -3.64. The highest BCUT2D eigenvalue weighted by Crippen LogP contribution is 2.24. The maximum absolute atomic E-state index is 12.4. The summed E-state index contributed by atoms with van der Waals surface area (Å²) in [4.78, 5) is 0.0861. The van der Waals surface area contributed by atoms with Gasteiger partial charge in [0.05, 0.1) is 5.02 Å². The number of phenolic OH excluding ortho intramolecular Hbond substituents is 1. The first-order chi connectivity index (χ1) is 9.41. The predicted octanol–water partition coefficient (Wildman–Crippen LogP) is 2.87. The third-order valence-corrected chi connectivity index (χ3v) is 5.17. The van der Waals surface area contributed by atoms with Gasteiger partial charge in [0.25, 0.3) is 0 Å². The van der Waals surface area contributed by atoms with E-state index in [0.29, 0.717) is 0 Å². The Kier molecular flexibility index (Phi) is 4.32. The lowest BCUT2D eigenvalue weighted by Crippen LogP contribution is -2.26. The van der Waals surface area contributed by atoms with Crippen LogP contribution in [0.4, 0.5) is 0 Å². The molecule has 0 fully saturated rings. The number of aromatic hydroxyl groups is 1. The highest BCUT2D eigenvalue weighted by molar-refractivity contribution is 7.89. The molecule has 20 heavy (non-hydrogen) atoms. The van der Waals surface area contributed by atoms with Crippen LogP contribution in [0.1, 0.15) is 5.56 Å². The molecule has 0 atom stereocenters. The summed E-state index contributed by atoms with van der Waals surface area (Å²) in [7, 11) is -2.15. The highest BCUT2D eigenvalue weighted by Gasteiger charge is 2.23. The number of hydrogen-bond acceptors (Lipinski definition) is 3. The molecule has 0 bridgehead atoms. The van der Waals surface area contributed by atoms with Gasteiger partial charge in [0.2, 0.25) is 10.0 Å². The fraction of sp³-hybridized carbons (Fsp3) is 0.143. The Bertz CT molecular complexity index is 699. The fourth-order valence-electron chi connectivity index (χ4n) is 1.77. The van der Waals surface area contributed by atoms with E-state index in [-0.39, 0.29) is 22.2 Å². The molecular weight excluding hydrogens is 298 g/mol. The molecule has 2 aromatic carbocycles. The van der Waals surface area contributed by atoms with Crippen LogP contribution in [0.25, 0.3) is 0 Å². The van der Waals surface area contributed by atoms with E-state index in [1.54, 1.807) is 30.3 Å². The molecule has 0 saturated heterocycles. The number of halogens is 1. The summed E-state index contributed by atoms with van der Waals surface area (Å²) in [5, 5.41) is 9.41. The van der Waals surface area contributed by atoms with E-state index in [4.69, 9.17) is 11.6 Å². The molecule has 0 spiro atoms. The van der Waals surface area contributed by atoms with E-state index in [0.717, 1.165) is 5.56 Å². The summed E-state index contributed by atoms with van der Waals surface area (Å²) in [5.74, 6) is 0.144. The summed E-state index contributed by atoms with van der Waals surface area (Å²) < 4.78 is 26.1. The first-order valence-electron chi connectivity index (χ1n) is 5.90. The Labute approximate surface area is 123 Å². The van der Waals surface area contributed by atoms with E-state index in [1.807, 2.05) is 0 Å². The Morgan fingerprint density at radius 1 is 1.10 bits per heavy atom. The molecule has 0 aliphatic carbocycles. The molecule has 0 unspecified atom stereocenters. The van der Waals surface area contributed by atoms with E-state index < -0.39 is 10.0 Å². The van der Waals surface area contributed by atoms with Crippen LogP contribution in [-0.2, 0) is 16.6 Å². The van der Waals surface area contributed by atoms with Crippen LogP contribution in [0.5, 0.6) is 5.75 Å². The smallest absolute Gasteiger partial charge is 0.244 e. The lowest BCUT2D eigenvalue weighted by Gasteiger charge is -2.18. The van der Waals surface area contributed by atoms with Crippen LogP contribution in [0.2, 0.25) is 5.02 Å². The monoisotopic (exact) mass is 311 g/mol. The minimum absolute atomic E-state index is 0.0861. The summed E-state index contributed by atoms with van der Waals surface area (Å²) >= 11 is 5.94. The molecule has 0 aliphatic heterocycles. The van der Waals surface area contributed by atoms with Crippen molar-refractivity contribution < 1.29 is 13.5 Å². The minimum Gasteiger partial charge on any atom is -0.508 e. The van der Waals surface area contributed by atoms with Crippen molar-refractivity contribution in [2.75, 3.05) is 7.05 Å². The zero-order valence-electron chi connectivity index (χ0n) is 10.8. The van der Waals surface area contributed by atoms with Crippen molar-refractivity contribution in [3.8, 4) is 5.75 Å². The van der Waals surface area contributed by atoms with Crippen molar-refractivity contribution in [2.24, 2.45) is 0 Å². The van der Waals surface area contributed by atoms with Gasteiger partial charge in [-0.25, -0.2) is 8.42 Å². The van der Waals surface area contributed by atoms with Gasteiger partial charge < -0.3 is 5.11 Å². The quantitative estimate of drug-likeness (QED) is 0.944. The van der Waals surface area contributed by atoms with Gasteiger partial charge in [-0.1, -0.05) is 35.9 Å². The van der Waals surface area contributed by atoms with E-state index in [1.165, 1.54) is 29.6 Å². The van der Waals surface area contributed by atoms with Gasteiger partial charge in [0.15, 0.2) is 0 Å². The molecule has 0 saturated carbocycles. The predicted molar refractivity (Wildman–Crippen MR) is 78.2 cm³/mol. The van der Waals surface area contributed by atoms with Gasteiger partial charge in [-0.2, -0.15) is 4.31 Å². The third-order valence-electron chi connectivity index (χ3n) is 2.87. The van der Waals surface area contributed by atoms with Crippen LogP contribution in [0.15, 0.2) is 53.4 Å². The number of benzene rings is 2. The van der Waals surface area contributed by atoms with Crippen molar-refractivity contribution >= 4 is 21.6 Å². The van der Waals surface area contributed by atoms with Crippen molar-refractivity contribution in [1.29, 1.82) is 0 Å². The van der Waals surface area contributed by atoms with Gasteiger partial charge in [-0.05, 0) is 29.8 Å². The average Bonchev–Trinajstić information content (AvgIpc) is 2.41. The summed E-state index contributed by atoms with van der Waals surface area (Å²) in [6, 6.07) is 12.7. The first-order valence-corrected chi connectivity index (χ1v) is 7.72. The van der Waals surface area contributed by atoms with Crippen molar-refractivity contribution in [2.45, 2.75) is 11.4 Å². The summed E-state index contributed by atoms with van der Waals surface area (Å²) in [6.07, 6.45) is 0. The second-order valence-corrected chi connectivity index (χ2v) is 6.78. The van der Waals surface area contributed by atoms with Crippen molar-refractivity contribution in [3.63, 3.8) is 0 Å². The van der Waals surface area contributed by atoms with Gasteiger partial charge in [-0.15, -0.1) is 0 Å². The largest absolute Gasteiger partial charge is 0.508 e. The second kappa shape index (κ2) is 5.83. The molecule has 0 heterocycles. The Hall–Kier alpha value is -1.56. The lowest BCUT2D eigenvalue weighted by atomic mass is 10.2. The molecule has 4 nitrogen and oxygen atoms in total. The molecular formula is C14H14ClNO3S. The van der Waals surface area contributed by atoms with E-state index >= 15 is 0 Å². The summed E-state index contributed by atoms with van der Waals surface area (Å²) in [6.45, 7) is 0.202.